The van der Waals surface area contributed by atoms with Crippen LogP contribution >= 0.6 is 0 Å². The summed E-state index contributed by atoms with van der Waals surface area (Å²) in [4.78, 5) is 26.3. The lowest BCUT2D eigenvalue weighted by Crippen LogP contribution is -2.45. The van der Waals surface area contributed by atoms with Gasteiger partial charge in [-0.15, -0.1) is 5.01 Å². The maximum absolute atomic E-state index is 11.6. The molecule has 10 heteroatoms. The molecule has 0 rings (SSSR count). The summed E-state index contributed by atoms with van der Waals surface area (Å²) in [6.07, 6.45) is -2.15. The second-order valence-corrected chi connectivity index (χ2v) is 4.18. The van der Waals surface area contributed by atoms with Crippen LogP contribution in [-0.2, 0) is 19.1 Å². The smallest absolute Gasteiger partial charge is 0.511 e. The largest absolute Gasteiger partial charge is 0.569 e. The number of ether oxygens (including phenoxy) is 2. The Kier molecular flexibility index (Phi) is 7.11. The molecule has 0 amide bonds. The molecule has 0 aromatic heterocycles. The van der Waals surface area contributed by atoms with E-state index in [0.29, 0.717) is 0 Å². The predicted molar refractivity (Wildman–Crippen MR) is 64.1 cm³/mol. The Morgan fingerprint density at radius 2 is 1.90 bits per heavy atom. The molecule has 0 fully saturated rings. The van der Waals surface area contributed by atoms with Gasteiger partial charge in [-0.1, -0.05) is 13.8 Å². The molecule has 20 heavy (non-hydrogen) atoms. The van der Waals surface area contributed by atoms with E-state index in [4.69, 9.17) is 5.11 Å². The van der Waals surface area contributed by atoms with Crippen LogP contribution in [0.2, 0.25) is 0 Å². The summed E-state index contributed by atoms with van der Waals surface area (Å²) in [7, 11) is 2.37. The Labute approximate surface area is 116 Å². The van der Waals surface area contributed by atoms with Crippen LogP contribution < -0.4 is 0 Å². The van der Waals surface area contributed by atoms with Gasteiger partial charge in [-0.05, 0) is 5.92 Å². The van der Waals surface area contributed by atoms with E-state index in [9.17, 15) is 14.8 Å². The first-order valence-electron chi connectivity index (χ1n) is 5.74. The molecule has 1 unspecified atom stereocenters. The van der Waals surface area contributed by atoms with Crippen molar-refractivity contribution in [1.29, 1.82) is 0 Å². The third kappa shape index (κ3) is 5.59. The van der Waals surface area contributed by atoms with E-state index in [1.165, 1.54) is 14.0 Å². The number of carboxylic acids is 1. The molecular formula is C10H19N3O7. The van der Waals surface area contributed by atoms with E-state index in [-0.39, 0.29) is 10.9 Å². The van der Waals surface area contributed by atoms with Crippen LogP contribution in [0.3, 0.4) is 0 Å². The Hall–Kier alpha value is -2.26. The number of carbonyl (C=O) groups is 2. The summed E-state index contributed by atoms with van der Waals surface area (Å²) in [6, 6.07) is -1.07. The van der Waals surface area contributed by atoms with Crippen LogP contribution in [-0.4, -0.2) is 53.7 Å². The van der Waals surface area contributed by atoms with Gasteiger partial charge in [0, 0.05) is 6.92 Å². The average Bonchev–Trinajstić information content (AvgIpc) is 2.34. The van der Waals surface area contributed by atoms with E-state index in [1.54, 1.807) is 13.8 Å². The highest BCUT2D eigenvalue weighted by Crippen LogP contribution is 2.10. The van der Waals surface area contributed by atoms with Gasteiger partial charge in [0.2, 0.25) is 5.28 Å². The number of methoxy groups -OCH3 is 1. The highest BCUT2D eigenvalue weighted by atomic mass is 16.8. The minimum absolute atomic E-state index is 0.0318. The Balaban J connectivity index is 4.63. The number of hydrogen-bond acceptors (Lipinski definition) is 7. The molecule has 2 atom stereocenters. The van der Waals surface area contributed by atoms with Gasteiger partial charge in [0.25, 0.3) is 6.29 Å². The minimum atomic E-state index is -1.17. The first-order valence-corrected chi connectivity index (χ1v) is 5.74. The fourth-order valence-electron chi connectivity index (χ4n) is 1.35. The summed E-state index contributed by atoms with van der Waals surface area (Å²) < 4.78 is 8.72. The Morgan fingerprint density at radius 3 is 2.30 bits per heavy atom. The van der Waals surface area contributed by atoms with Crippen molar-refractivity contribution in [1.82, 2.24) is 5.01 Å². The van der Waals surface area contributed by atoms with Gasteiger partial charge in [-0.2, -0.15) is 0 Å². The maximum atomic E-state index is 11.6. The number of carboxylic acid groups (broad SMARTS) is 1. The third-order valence-electron chi connectivity index (χ3n) is 2.25. The second kappa shape index (κ2) is 8.02. The molecule has 0 aliphatic carbocycles. The SMILES string of the molecule is COC(=O)OC(C)ON=[N+]([O-])N(C)[C@H](C(=O)O)C(C)C. The average molecular weight is 293 g/mol. The monoisotopic (exact) mass is 293 g/mol. The second-order valence-electron chi connectivity index (χ2n) is 4.18. The molecule has 0 aromatic carbocycles. The molecule has 116 valence electrons. The molecule has 0 aliphatic heterocycles. The summed E-state index contributed by atoms with van der Waals surface area (Å²) in [5, 5.41) is 24.5. The lowest BCUT2D eigenvalue weighted by Gasteiger charge is -2.23. The lowest BCUT2D eigenvalue weighted by molar-refractivity contribution is -0.713. The number of carbonyl (C=O) groups excluding carboxylic acids is 1. The van der Waals surface area contributed by atoms with Gasteiger partial charge in [-0.25, -0.2) is 9.59 Å². The molecule has 0 aromatic rings. The van der Waals surface area contributed by atoms with E-state index < -0.39 is 24.5 Å². The van der Waals surface area contributed by atoms with Crippen LogP contribution in [0, 0.1) is 11.1 Å². The quantitative estimate of drug-likeness (QED) is 0.242. The maximum Gasteiger partial charge on any atom is 0.511 e. The lowest BCUT2D eigenvalue weighted by atomic mass is 10.1. The van der Waals surface area contributed by atoms with Crippen LogP contribution in [0.4, 0.5) is 4.79 Å². The first kappa shape index (κ1) is 17.7. The van der Waals surface area contributed by atoms with Crippen molar-refractivity contribution in [3.8, 4) is 0 Å². The topological polar surface area (TPSA) is 124 Å². The molecule has 1 N–H and O–H groups in total. The van der Waals surface area contributed by atoms with Crippen LogP contribution in [0.25, 0.3) is 0 Å². The van der Waals surface area contributed by atoms with Gasteiger partial charge in [-0.3, -0.25) is 4.84 Å². The molecule has 0 saturated heterocycles. The fraction of sp³-hybridized carbons (Fsp3) is 0.800. The number of hydrazine groups is 1. The number of likely N-dealkylation sites (N-methyl/N-ethyl adjacent to an activating group) is 1. The van der Waals surface area contributed by atoms with E-state index in [0.717, 1.165) is 12.1 Å². The van der Waals surface area contributed by atoms with Crippen molar-refractivity contribution in [2.75, 3.05) is 14.2 Å². The zero-order valence-electron chi connectivity index (χ0n) is 12.0. The molecule has 0 bridgehead atoms. The zero-order valence-corrected chi connectivity index (χ0v) is 12.0. The predicted octanol–water partition coefficient (Wildman–Crippen LogP) is 0.965. The Bertz CT molecular complexity index is 372. The van der Waals surface area contributed by atoms with E-state index >= 15 is 0 Å². The fourth-order valence-corrected chi connectivity index (χ4v) is 1.35. The van der Waals surface area contributed by atoms with Gasteiger partial charge in [0.15, 0.2) is 6.04 Å². The van der Waals surface area contributed by atoms with Crippen molar-refractivity contribution in [2.24, 2.45) is 11.2 Å². The number of aliphatic carboxylic acids is 1. The molecule has 0 saturated carbocycles. The first-order chi connectivity index (χ1) is 9.20. The summed E-state index contributed by atoms with van der Waals surface area (Å²) in [6.45, 7) is 4.60. The van der Waals surface area contributed by atoms with Gasteiger partial charge in [0.1, 0.15) is 0 Å². The molecule has 0 spiro atoms. The summed E-state index contributed by atoms with van der Waals surface area (Å²) in [5.41, 5.74) is 0. The van der Waals surface area contributed by atoms with Gasteiger partial charge >= 0.3 is 12.1 Å². The third-order valence-corrected chi connectivity index (χ3v) is 2.25. The van der Waals surface area contributed by atoms with Crippen molar-refractivity contribution in [2.45, 2.75) is 33.1 Å². The normalized spacial score (nSPS) is 14.4. The van der Waals surface area contributed by atoms with Crippen LogP contribution in [0.1, 0.15) is 20.8 Å². The van der Waals surface area contributed by atoms with Crippen LogP contribution in [0.5, 0.6) is 0 Å². The van der Waals surface area contributed by atoms with Crippen molar-refractivity contribution in [3.63, 3.8) is 0 Å². The van der Waals surface area contributed by atoms with Crippen molar-refractivity contribution < 1.29 is 34.0 Å². The zero-order chi connectivity index (χ0) is 15.9. The highest BCUT2D eigenvalue weighted by Gasteiger charge is 2.32. The van der Waals surface area contributed by atoms with Gasteiger partial charge < -0.3 is 19.8 Å². The number of hydrogen-bond donors (Lipinski definition) is 1. The van der Waals surface area contributed by atoms with Gasteiger partial charge in [0.05, 0.1) is 19.1 Å². The van der Waals surface area contributed by atoms with Crippen LogP contribution in [0.15, 0.2) is 5.28 Å². The molecule has 10 nitrogen and oxygen atoms in total. The van der Waals surface area contributed by atoms with E-state index in [2.05, 4.69) is 19.6 Å². The molecular weight excluding hydrogens is 274 g/mol. The minimum Gasteiger partial charge on any atom is -0.569 e. The number of rotatable bonds is 7. The standard InChI is InChI=1S/C10H19N3O7/c1-6(2)8(9(14)15)12(4)13(17)11-20-7(3)19-10(16)18-5/h6-8H,1-5H3,(H,14,15)/t7?,8-/m0/s1. The summed E-state index contributed by atoms with van der Waals surface area (Å²) >= 11 is 0. The summed E-state index contributed by atoms with van der Waals surface area (Å²) in [5.74, 6) is -1.50. The number of nitrogens with zero attached hydrogens (tertiary/aromatic N) is 3. The molecule has 0 heterocycles. The Morgan fingerprint density at radius 1 is 1.35 bits per heavy atom. The molecule has 0 radical (unpaired) electrons. The van der Waals surface area contributed by atoms with Crippen molar-refractivity contribution >= 4 is 12.1 Å². The van der Waals surface area contributed by atoms with E-state index in [1.807, 2.05) is 0 Å². The highest BCUT2D eigenvalue weighted by molar-refractivity contribution is 5.73. The molecule has 0 aliphatic rings. The van der Waals surface area contributed by atoms with Crippen molar-refractivity contribution in [3.05, 3.63) is 5.21 Å².